The van der Waals surface area contributed by atoms with E-state index in [1.165, 1.54) is 12.1 Å². The minimum Gasteiger partial charge on any atom is -0.444 e. The first kappa shape index (κ1) is 40.5. The summed E-state index contributed by atoms with van der Waals surface area (Å²) in [6, 6.07) is 16.3. The third kappa shape index (κ3) is 14.9. The van der Waals surface area contributed by atoms with Crippen molar-refractivity contribution >= 4 is 23.9 Å². The van der Waals surface area contributed by atoms with Gasteiger partial charge in [0, 0.05) is 18.5 Å². The molecular weight excluding hydrogens is 664 g/mol. The fourth-order valence-corrected chi connectivity index (χ4v) is 4.83. The van der Waals surface area contributed by atoms with E-state index in [1.54, 1.807) is 53.7 Å². The molecule has 0 fully saturated rings. The number of hydrogen-bond acceptors (Lipinski definition) is 8. The van der Waals surface area contributed by atoms with E-state index in [9.17, 15) is 33.1 Å². The molecule has 0 radical (unpaired) electrons. The molecule has 3 aromatic carbocycles. The number of benzene rings is 3. The lowest BCUT2D eigenvalue weighted by atomic mass is 9.99. The lowest BCUT2D eigenvalue weighted by molar-refractivity contribution is -0.128. The molecule has 0 spiro atoms. The van der Waals surface area contributed by atoms with Gasteiger partial charge >= 0.3 is 12.2 Å². The van der Waals surface area contributed by atoms with Crippen LogP contribution in [-0.4, -0.2) is 71.5 Å². The Hall–Kier alpha value is -4.88. The molecule has 3 amide bonds. The average Bonchev–Trinajstić information content (AvgIpc) is 3.03. The molecule has 3 rings (SSSR count). The van der Waals surface area contributed by atoms with Crippen LogP contribution in [0.1, 0.15) is 68.6 Å². The second-order valence-corrected chi connectivity index (χ2v) is 14.0. The molecule has 0 aliphatic heterocycles. The van der Waals surface area contributed by atoms with E-state index in [0.29, 0.717) is 5.56 Å². The van der Waals surface area contributed by atoms with Gasteiger partial charge in [-0.3, -0.25) is 9.59 Å². The fraction of sp³-hybridized carbons (Fsp3) is 0.421. The van der Waals surface area contributed by atoms with Crippen LogP contribution in [0.2, 0.25) is 0 Å². The van der Waals surface area contributed by atoms with Crippen molar-refractivity contribution in [3.63, 3.8) is 0 Å². The lowest BCUT2D eigenvalue weighted by Crippen LogP contribution is -2.51. The van der Waals surface area contributed by atoms with Gasteiger partial charge in [0.25, 0.3) is 5.91 Å². The van der Waals surface area contributed by atoms with E-state index in [2.05, 4.69) is 16.0 Å². The van der Waals surface area contributed by atoms with Gasteiger partial charge in [0.2, 0.25) is 0 Å². The number of carbonyl (C=O) groups excluding carboxylic acids is 4. The quantitative estimate of drug-likeness (QED) is 0.163. The molecule has 0 saturated carbocycles. The predicted molar refractivity (Wildman–Crippen MR) is 186 cm³/mol. The molecule has 3 unspecified atom stereocenters. The Labute approximate surface area is 297 Å². The van der Waals surface area contributed by atoms with Gasteiger partial charge < -0.3 is 35.3 Å². The number of aliphatic hydroxyl groups is 1. The van der Waals surface area contributed by atoms with Crippen molar-refractivity contribution in [2.45, 2.75) is 90.4 Å². The van der Waals surface area contributed by atoms with Crippen LogP contribution in [0.15, 0.2) is 72.8 Å². The highest BCUT2D eigenvalue weighted by Gasteiger charge is 2.30. The summed E-state index contributed by atoms with van der Waals surface area (Å²) in [4.78, 5) is 51.5. The number of rotatable bonds is 15. The molecule has 0 saturated heterocycles. The van der Waals surface area contributed by atoms with Gasteiger partial charge in [-0.15, -0.1) is 0 Å². The molecular formula is C38H47F2N3O8. The van der Waals surface area contributed by atoms with Gasteiger partial charge in [-0.2, -0.15) is 0 Å². The summed E-state index contributed by atoms with van der Waals surface area (Å²) in [5.74, 6) is -2.55. The summed E-state index contributed by atoms with van der Waals surface area (Å²) in [7, 11) is 0. The van der Waals surface area contributed by atoms with Crippen LogP contribution >= 0.6 is 0 Å². The molecule has 3 aromatic rings. The van der Waals surface area contributed by atoms with Crippen molar-refractivity contribution in [3.8, 4) is 0 Å². The number of aliphatic hydroxyl groups excluding tert-OH is 1. The van der Waals surface area contributed by atoms with Crippen LogP contribution in [0.4, 0.5) is 18.4 Å². The van der Waals surface area contributed by atoms with E-state index in [4.69, 9.17) is 14.2 Å². The number of nitrogens with one attached hydrogen (secondary N) is 3. The Kier molecular flexibility index (Phi) is 14.6. The van der Waals surface area contributed by atoms with Crippen molar-refractivity contribution in [2.24, 2.45) is 0 Å². The minimum atomic E-state index is -1.67. The zero-order valence-electron chi connectivity index (χ0n) is 29.8. The molecule has 0 aromatic heterocycles. The first-order valence-corrected chi connectivity index (χ1v) is 16.5. The number of carbonyl (C=O) groups is 4. The molecule has 0 aliphatic carbocycles. The van der Waals surface area contributed by atoms with Gasteiger partial charge in [-0.25, -0.2) is 18.4 Å². The van der Waals surface area contributed by atoms with Gasteiger partial charge in [0.05, 0.1) is 25.3 Å². The summed E-state index contributed by atoms with van der Waals surface area (Å²) >= 11 is 0. The third-order valence-corrected chi connectivity index (χ3v) is 7.09. The lowest BCUT2D eigenvalue weighted by Gasteiger charge is -2.26. The maximum Gasteiger partial charge on any atom is 0.408 e. The monoisotopic (exact) mass is 711 g/mol. The molecule has 276 valence electrons. The molecule has 0 aliphatic rings. The number of ether oxygens (including phenoxy) is 3. The summed E-state index contributed by atoms with van der Waals surface area (Å²) in [6.07, 6.45) is -3.74. The van der Waals surface area contributed by atoms with Gasteiger partial charge in [0.15, 0.2) is 5.78 Å². The van der Waals surface area contributed by atoms with E-state index in [-0.39, 0.29) is 43.7 Å². The Morgan fingerprint density at radius 2 is 1.41 bits per heavy atom. The van der Waals surface area contributed by atoms with E-state index in [0.717, 1.165) is 23.8 Å². The molecule has 4 N–H and O–H groups in total. The largest absolute Gasteiger partial charge is 0.444 e. The number of ketones is 1. The Morgan fingerprint density at radius 1 is 0.784 bits per heavy atom. The standard InChI is InChI=1S/C38H47F2N3O8/c1-37(2,3)50-35(47)42-29(20-27-19-28(39)15-16-30(27)40)21-41-34(46)26-14-10-13-25(17-26)18-32(44)33(45)31(43-36(48)51-38(4,5)6)23-49-22-24-11-8-7-9-12-24/h7-17,19,29,31,33,45H,18,20-23H2,1-6H3,(H,41,46)(H,42,47)(H,43,48). The number of hydrogen-bond donors (Lipinski definition) is 4. The van der Waals surface area contributed by atoms with E-state index >= 15 is 0 Å². The maximum atomic E-state index is 14.4. The topological polar surface area (TPSA) is 152 Å². The zero-order chi connectivity index (χ0) is 37.8. The normalized spacial score (nSPS) is 13.4. The van der Waals surface area contributed by atoms with Crippen LogP contribution in [0.5, 0.6) is 0 Å². The molecule has 3 atom stereocenters. The SMILES string of the molecule is CC(C)(C)OC(=O)NC(CNC(=O)c1cccc(CC(=O)C(O)C(COCc2ccccc2)NC(=O)OC(C)(C)C)c1)Cc1cc(F)ccc1F. The number of amides is 3. The highest BCUT2D eigenvalue weighted by atomic mass is 19.1. The van der Waals surface area contributed by atoms with E-state index < -0.39 is 64.9 Å². The van der Waals surface area contributed by atoms with Crippen molar-refractivity contribution in [3.05, 3.63) is 107 Å². The van der Waals surface area contributed by atoms with E-state index in [1.807, 2.05) is 30.3 Å². The molecule has 11 nitrogen and oxygen atoms in total. The van der Waals surface area contributed by atoms with Gasteiger partial charge in [-0.1, -0.05) is 42.5 Å². The Balaban J connectivity index is 1.68. The second kappa shape index (κ2) is 18.4. The first-order valence-electron chi connectivity index (χ1n) is 16.5. The van der Waals surface area contributed by atoms with Crippen LogP contribution in [-0.2, 0) is 38.5 Å². The highest BCUT2D eigenvalue weighted by Crippen LogP contribution is 2.15. The molecule has 13 heteroatoms. The highest BCUT2D eigenvalue weighted by molar-refractivity contribution is 5.95. The van der Waals surface area contributed by atoms with Gasteiger partial charge in [-0.05, 0) is 95.0 Å². The number of halogens is 2. The van der Waals surface area contributed by atoms with Gasteiger partial charge in [0.1, 0.15) is 28.9 Å². The molecule has 51 heavy (non-hydrogen) atoms. The van der Waals surface area contributed by atoms with Crippen LogP contribution in [0, 0.1) is 11.6 Å². The molecule has 0 bridgehead atoms. The van der Waals surface area contributed by atoms with Crippen LogP contribution < -0.4 is 16.0 Å². The average molecular weight is 712 g/mol. The van der Waals surface area contributed by atoms with Crippen molar-refractivity contribution < 1.29 is 47.3 Å². The first-order chi connectivity index (χ1) is 23.9. The maximum absolute atomic E-state index is 14.4. The zero-order valence-corrected chi connectivity index (χ0v) is 29.8. The summed E-state index contributed by atoms with van der Waals surface area (Å²) in [5.41, 5.74) is -0.229. The summed E-state index contributed by atoms with van der Waals surface area (Å²) < 4.78 is 44.6. The summed E-state index contributed by atoms with van der Waals surface area (Å²) in [6.45, 7) is 9.87. The third-order valence-electron chi connectivity index (χ3n) is 7.09. The predicted octanol–water partition coefficient (Wildman–Crippen LogP) is 5.41. The minimum absolute atomic E-state index is 0.00527. The number of Topliss-reactive ketones (excluding diaryl/α,β-unsaturated/α-hetero) is 1. The number of alkyl carbamates (subject to hydrolysis) is 2. The fourth-order valence-electron chi connectivity index (χ4n) is 4.83. The van der Waals surface area contributed by atoms with Crippen molar-refractivity contribution in [1.29, 1.82) is 0 Å². The van der Waals surface area contributed by atoms with Crippen molar-refractivity contribution in [2.75, 3.05) is 13.2 Å². The Morgan fingerprint density at radius 3 is 2.06 bits per heavy atom. The second-order valence-electron chi connectivity index (χ2n) is 14.0. The Bertz CT molecular complexity index is 1640. The molecule has 0 heterocycles. The van der Waals surface area contributed by atoms with Crippen molar-refractivity contribution in [1.82, 2.24) is 16.0 Å². The smallest absolute Gasteiger partial charge is 0.408 e. The summed E-state index contributed by atoms with van der Waals surface area (Å²) in [5, 5.41) is 18.8. The van der Waals surface area contributed by atoms with Crippen LogP contribution in [0.25, 0.3) is 0 Å². The van der Waals surface area contributed by atoms with Crippen LogP contribution in [0.3, 0.4) is 0 Å².